The monoisotopic (exact) mass is 314 g/mol. The summed E-state index contributed by atoms with van der Waals surface area (Å²) in [5.41, 5.74) is 0. The zero-order valence-electron chi connectivity index (χ0n) is 11.1. The van der Waals surface area contributed by atoms with Crippen LogP contribution < -0.4 is 5.11 Å². The topological polar surface area (TPSA) is 52.6 Å². The number of thioether (sulfide) groups is 1. The highest BCUT2D eigenvalue weighted by Crippen LogP contribution is 2.26. The SMILES string of the molecule is O=C([O-])C(CCN1CCOCC1)Sc1ccc(Cl)cc1. The average Bonchev–Trinajstić information content (AvgIpc) is 2.46. The minimum atomic E-state index is -1.02. The molecular formula is C14H17ClNO3S-. The fourth-order valence-electron chi connectivity index (χ4n) is 2.03. The lowest BCUT2D eigenvalue weighted by atomic mass is 10.2. The highest BCUT2D eigenvalue weighted by Gasteiger charge is 2.16. The number of hydrogen-bond donors (Lipinski definition) is 0. The second-order valence-corrected chi connectivity index (χ2v) is 6.33. The van der Waals surface area contributed by atoms with Gasteiger partial charge in [0.1, 0.15) is 0 Å². The Labute approximate surface area is 128 Å². The number of nitrogens with zero attached hydrogens (tertiary/aromatic N) is 1. The first-order chi connectivity index (χ1) is 9.65. The van der Waals surface area contributed by atoms with E-state index < -0.39 is 11.2 Å². The van der Waals surface area contributed by atoms with E-state index in [0.717, 1.165) is 37.7 Å². The van der Waals surface area contributed by atoms with Gasteiger partial charge >= 0.3 is 0 Å². The van der Waals surface area contributed by atoms with Crippen LogP contribution in [0.25, 0.3) is 0 Å². The lowest BCUT2D eigenvalue weighted by molar-refractivity contribution is -0.304. The van der Waals surface area contributed by atoms with Crippen molar-refractivity contribution in [3.63, 3.8) is 0 Å². The highest BCUT2D eigenvalue weighted by molar-refractivity contribution is 8.00. The smallest absolute Gasteiger partial charge is 0.0594 e. The van der Waals surface area contributed by atoms with Crippen LogP contribution in [0.15, 0.2) is 29.2 Å². The van der Waals surface area contributed by atoms with Crippen molar-refractivity contribution in [1.82, 2.24) is 4.90 Å². The fourth-order valence-corrected chi connectivity index (χ4v) is 3.09. The molecule has 0 saturated carbocycles. The van der Waals surface area contributed by atoms with E-state index in [1.165, 1.54) is 11.8 Å². The summed E-state index contributed by atoms with van der Waals surface area (Å²) in [7, 11) is 0. The Kier molecular flexibility index (Phi) is 6.16. The van der Waals surface area contributed by atoms with Crippen LogP contribution in [-0.2, 0) is 9.53 Å². The van der Waals surface area contributed by atoms with Gasteiger partial charge in [-0.3, -0.25) is 4.90 Å². The number of carboxylic acids is 1. The summed E-state index contributed by atoms with van der Waals surface area (Å²) in [6.07, 6.45) is 0.565. The Hall–Kier alpha value is -0.750. The summed E-state index contributed by atoms with van der Waals surface area (Å²) in [4.78, 5) is 14.4. The van der Waals surface area contributed by atoms with E-state index >= 15 is 0 Å². The van der Waals surface area contributed by atoms with Gasteiger partial charge in [-0.2, -0.15) is 0 Å². The summed E-state index contributed by atoms with van der Waals surface area (Å²) >= 11 is 7.13. The molecule has 6 heteroatoms. The minimum Gasteiger partial charge on any atom is -0.549 e. The molecular weight excluding hydrogens is 298 g/mol. The maximum absolute atomic E-state index is 11.2. The zero-order chi connectivity index (χ0) is 14.4. The molecule has 1 aliphatic heterocycles. The Balaban J connectivity index is 1.86. The fraction of sp³-hybridized carbons (Fsp3) is 0.500. The van der Waals surface area contributed by atoms with Crippen LogP contribution in [0.2, 0.25) is 5.02 Å². The molecule has 0 aliphatic carbocycles. The van der Waals surface area contributed by atoms with Gasteiger partial charge in [0.05, 0.1) is 24.4 Å². The molecule has 0 N–H and O–H groups in total. The molecule has 0 bridgehead atoms. The third-order valence-corrected chi connectivity index (χ3v) is 4.68. The normalized spacial score (nSPS) is 17.9. The molecule has 2 rings (SSSR count). The number of carbonyl (C=O) groups is 1. The van der Waals surface area contributed by atoms with Crippen LogP contribution in [0.4, 0.5) is 0 Å². The molecule has 1 aromatic rings. The first-order valence-corrected chi connectivity index (χ1v) is 7.84. The van der Waals surface area contributed by atoms with Crippen molar-refractivity contribution in [3.05, 3.63) is 29.3 Å². The van der Waals surface area contributed by atoms with Crippen molar-refractivity contribution in [2.45, 2.75) is 16.6 Å². The van der Waals surface area contributed by atoms with Crippen molar-refractivity contribution in [2.75, 3.05) is 32.8 Å². The van der Waals surface area contributed by atoms with E-state index in [4.69, 9.17) is 16.3 Å². The van der Waals surface area contributed by atoms with Gasteiger partial charge in [-0.15, -0.1) is 11.8 Å². The van der Waals surface area contributed by atoms with E-state index in [-0.39, 0.29) is 0 Å². The maximum Gasteiger partial charge on any atom is 0.0594 e. The van der Waals surface area contributed by atoms with Crippen LogP contribution in [0.5, 0.6) is 0 Å². The van der Waals surface area contributed by atoms with Crippen molar-refractivity contribution in [2.24, 2.45) is 0 Å². The lowest BCUT2D eigenvalue weighted by Crippen LogP contribution is -2.40. The quantitative estimate of drug-likeness (QED) is 0.740. The summed E-state index contributed by atoms with van der Waals surface area (Å²) in [6, 6.07) is 7.19. The molecule has 0 aromatic heterocycles. The predicted molar refractivity (Wildman–Crippen MR) is 78.0 cm³/mol. The Morgan fingerprint density at radius 1 is 1.35 bits per heavy atom. The number of rotatable bonds is 6. The number of ether oxygens (including phenoxy) is 1. The van der Waals surface area contributed by atoms with Gasteiger partial charge in [-0.05, 0) is 37.2 Å². The van der Waals surface area contributed by atoms with Crippen molar-refractivity contribution >= 4 is 29.3 Å². The molecule has 110 valence electrons. The molecule has 20 heavy (non-hydrogen) atoms. The molecule has 1 atom stereocenters. The van der Waals surface area contributed by atoms with E-state index in [0.29, 0.717) is 11.4 Å². The Bertz CT molecular complexity index is 435. The molecule has 1 aromatic carbocycles. The number of aliphatic carboxylic acids is 1. The van der Waals surface area contributed by atoms with Crippen LogP contribution in [0, 0.1) is 0 Å². The van der Waals surface area contributed by atoms with Gasteiger partial charge in [0.2, 0.25) is 0 Å². The predicted octanol–water partition coefficient (Wildman–Crippen LogP) is 1.27. The molecule has 1 unspecified atom stereocenters. The Morgan fingerprint density at radius 3 is 2.60 bits per heavy atom. The van der Waals surface area contributed by atoms with E-state index in [1.54, 1.807) is 12.1 Å². The molecule has 1 fully saturated rings. The third kappa shape index (κ3) is 4.98. The number of carbonyl (C=O) groups excluding carboxylic acids is 1. The van der Waals surface area contributed by atoms with Crippen molar-refractivity contribution < 1.29 is 14.6 Å². The average molecular weight is 315 g/mol. The van der Waals surface area contributed by atoms with Crippen molar-refractivity contribution in [1.29, 1.82) is 0 Å². The van der Waals surface area contributed by atoms with Gasteiger partial charge in [0.25, 0.3) is 0 Å². The summed E-state index contributed by atoms with van der Waals surface area (Å²) in [5.74, 6) is -1.02. The summed E-state index contributed by atoms with van der Waals surface area (Å²) in [6.45, 7) is 3.93. The number of halogens is 1. The van der Waals surface area contributed by atoms with Crippen LogP contribution >= 0.6 is 23.4 Å². The minimum absolute atomic E-state index is 0.543. The molecule has 1 saturated heterocycles. The van der Waals surface area contributed by atoms with Gasteiger partial charge in [-0.25, -0.2) is 0 Å². The molecule has 1 heterocycles. The van der Waals surface area contributed by atoms with E-state index in [1.807, 2.05) is 12.1 Å². The highest BCUT2D eigenvalue weighted by atomic mass is 35.5. The maximum atomic E-state index is 11.2. The first kappa shape index (κ1) is 15.6. The third-order valence-electron chi connectivity index (χ3n) is 3.17. The lowest BCUT2D eigenvalue weighted by Gasteiger charge is -2.28. The van der Waals surface area contributed by atoms with Crippen LogP contribution in [-0.4, -0.2) is 49.0 Å². The molecule has 0 spiro atoms. The van der Waals surface area contributed by atoms with E-state index in [9.17, 15) is 9.90 Å². The van der Waals surface area contributed by atoms with Gasteiger partial charge in [0.15, 0.2) is 0 Å². The van der Waals surface area contributed by atoms with Crippen molar-refractivity contribution in [3.8, 4) is 0 Å². The van der Waals surface area contributed by atoms with Crippen LogP contribution in [0.3, 0.4) is 0 Å². The standard InChI is InChI=1S/C14H18ClNO3S/c15-11-1-3-12(4-2-11)20-13(14(17)18)5-6-16-7-9-19-10-8-16/h1-4,13H,5-10H2,(H,17,18)/p-1. The number of hydrogen-bond acceptors (Lipinski definition) is 5. The first-order valence-electron chi connectivity index (χ1n) is 6.58. The second kappa shape index (κ2) is 7.88. The summed E-state index contributed by atoms with van der Waals surface area (Å²) < 4.78 is 5.27. The molecule has 0 radical (unpaired) electrons. The molecule has 1 aliphatic rings. The van der Waals surface area contributed by atoms with Gasteiger partial charge in [0, 0.05) is 23.0 Å². The molecule has 4 nitrogen and oxygen atoms in total. The Morgan fingerprint density at radius 2 is 2.00 bits per heavy atom. The van der Waals surface area contributed by atoms with E-state index in [2.05, 4.69) is 4.90 Å². The molecule has 0 amide bonds. The zero-order valence-corrected chi connectivity index (χ0v) is 12.7. The largest absolute Gasteiger partial charge is 0.549 e. The number of carboxylic acid groups (broad SMARTS) is 1. The van der Waals surface area contributed by atoms with Crippen LogP contribution in [0.1, 0.15) is 6.42 Å². The second-order valence-electron chi connectivity index (χ2n) is 4.62. The number of morpholine rings is 1. The van der Waals surface area contributed by atoms with Gasteiger partial charge in [-0.1, -0.05) is 11.6 Å². The summed E-state index contributed by atoms with van der Waals surface area (Å²) in [5, 5.41) is 11.3. The number of benzene rings is 1. The van der Waals surface area contributed by atoms with Gasteiger partial charge < -0.3 is 14.6 Å².